The minimum absolute atomic E-state index is 0.0379. The van der Waals surface area contributed by atoms with Crippen LogP contribution in [0.5, 0.6) is 11.5 Å². The number of halogens is 4. The smallest absolute Gasteiger partial charge is 0.300 e. The molecule has 0 aliphatic heterocycles. The maximum absolute atomic E-state index is 16.0. The number of carbonyl (C=O) groups is 3. The molecule has 12 aliphatic rings. The molecule has 6 unspecified atom stereocenters. The highest BCUT2D eigenvalue weighted by Gasteiger charge is 2.62. The maximum Gasteiger partial charge on any atom is 0.300 e. The second kappa shape index (κ2) is 10.8. The van der Waals surface area contributed by atoms with E-state index in [0.717, 1.165) is 50.5 Å². The first kappa shape index (κ1) is 34.2. The first-order chi connectivity index (χ1) is 25.6. The highest BCUT2D eigenvalue weighted by atomic mass is 32.2. The van der Waals surface area contributed by atoms with Gasteiger partial charge in [0.25, 0.3) is 0 Å². The largest absolute Gasteiger partial charge is 0.450 e. The monoisotopic (exact) mass is 766 g/mol. The molecule has 54 heavy (non-hydrogen) atoms. The third kappa shape index (κ3) is 4.44. The third-order valence-electron chi connectivity index (χ3n) is 16.4. The summed E-state index contributed by atoms with van der Waals surface area (Å²) in [6.07, 6.45) is 10.5. The topological polar surface area (TPSA) is 115 Å². The Balaban J connectivity index is 1.19. The van der Waals surface area contributed by atoms with Crippen molar-refractivity contribution in [1.82, 2.24) is 0 Å². The van der Waals surface area contributed by atoms with E-state index in [-0.39, 0.29) is 64.5 Å². The summed E-state index contributed by atoms with van der Waals surface area (Å²) in [5.41, 5.74) is -0.123. The van der Waals surface area contributed by atoms with E-state index < -0.39 is 60.3 Å². The Kier molecular flexibility index (Phi) is 6.85. The minimum Gasteiger partial charge on any atom is -0.450 e. The van der Waals surface area contributed by atoms with E-state index in [0.29, 0.717) is 74.3 Å². The van der Waals surface area contributed by atoms with Crippen molar-refractivity contribution in [2.24, 2.45) is 53.3 Å². The lowest BCUT2D eigenvalue weighted by atomic mass is 9.44. The number of hydrogen-bond acceptors (Lipinski definition) is 6. The molecular weight excluding hydrogens is 725 g/mol. The summed E-state index contributed by atoms with van der Waals surface area (Å²) in [4.78, 5) is 39.5. The molecular formula is C42H42F4O7S. The molecule has 12 heteroatoms. The van der Waals surface area contributed by atoms with E-state index in [4.69, 9.17) is 4.74 Å². The summed E-state index contributed by atoms with van der Waals surface area (Å²) in [7, 11) is -5.70. The van der Waals surface area contributed by atoms with Crippen molar-refractivity contribution in [3.05, 3.63) is 52.1 Å². The van der Waals surface area contributed by atoms with Crippen LogP contribution in [0.1, 0.15) is 113 Å². The fourth-order valence-electron chi connectivity index (χ4n) is 15.1. The van der Waals surface area contributed by atoms with Crippen molar-refractivity contribution in [2.75, 3.05) is 0 Å². The second-order valence-corrected chi connectivity index (χ2v) is 20.8. The molecule has 0 heterocycles. The SMILES string of the molecule is O=C1C2CC3CC1CC(c1cc(C45CC6CC(CC(C6)C4=O)C5)cc(C45CC6CC(C4)C(=O)C(C6)C5)c1Oc1c(F)c(F)c(S(=O)(=O)O)c(F)c1F)(C3)C2. The summed E-state index contributed by atoms with van der Waals surface area (Å²) in [6.45, 7) is 0. The van der Waals surface area contributed by atoms with Crippen LogP contribution in [0.2, 0.25) is 0 Å². The Labute approximate surface area is 310 Å². The van der Waals surface area contributed by atoms with Crippen molar-refractivity contribution in [2.45, 2.75) is 117 Å². The van der Waals surface area contributed by atoms with E-state index in [1.54, 1.807) is 0 Å². The van der Waals surface area contributed by atoms with Crippen molar-refractivity contribution < 1.29 is 49.7 Å². The van der Waals surface area contributed by atoms with Gasteiger partial charge in [-0.1, -0.05) is 12.1 Å². The molecule has 1 N–H and O–H groups in total. The molecule has 6 atom stereocenters. The van der Waals surface area contributed by atoms with E-state index in [1.807, 2.05) is 12.1 Å². The van der Waals surface area contributed by atoms with Crippen LogP contribution in [0.15, 0.2) is 17.0 Å². The molecule has 0 radical (unpaired) electrons. The Morgan fingerprint density at radius 1 is 0.556 bits per heavy atom. The molecule has 12 saturated carbocycles. The zero-order chi connectivity index (χ0) is 37.4. The predicted molar refractivity (Wildman–Crippen MR) is 183 cm³/mol. The van der Waals surface area contributed by atoms with Gasteiger partial charge in [0.2, 0.25) is 17.4 Å². The molecule has 12 bridgehead atoms. The normalized spacial score (nSPS) is 42.5. The van der Waals surface area contributed by atoms with Gasteiger partial charge in [0, 0.05) is 51.5 Å². The van der Waals surface area contributed by atoms with E-state index in [9.17, 15) is 27.4 Å². The van der Waals surface area contributed by atoms with Crippen molar-refractivity contribution in [3.63, 3.8) is 0 Å². The summed E-state index contributed by atoms with van der Waals surface area (Å²) >= 11 is 0. The number of Topliss-reactive ketones (excluding diaryl/α,β-unsaturated/α-hetero) is 3. The van der Waals surface area contributed by atoms with Crippen molar-refractivity contribution >= 4 is 27.5 Å². The number of rotatable bonds is 6. The molecule has 7 nitrogen and oxygen atoms in total. The lowest BCUT2D eigenvalue weighted by molar-refractivity contribution is -0.143. The molecule has 2 aromatic rings. The number of ketones is 3. The van der Waals surface area contributed by atoms with Gasteiger partial charge in [-0.25, -0.2) is 8.78 Å². The van der Waals surface area contributed by atoms with Gasteiger partial charge in [0.15, 0.2) is 16.5 Å². The summed E-state index contributed by atoms with van der Waals surface area (Å²) < 4.78 is 102. The third-order valence-corrected chi connectivity index (χ3v) is 17.3. The highest BCUT2D eigenvalue weighted by molar-refractivity contribution is 7.85. The Bertz CT molecular complexity index is 2080. The van der Waals surface area contributed by atoms with Gasteiger partial charge in [-0.05, 0) is 126 Å². The number of hydrogen-bond donors (Lipinski definition) is 1. The van der Waals surface area contributed by atoms with Crippen LogP contribution in [0, 0.1) is 76.5 Å². The second-order valence-electron chi connectivity index (χ2n) is 19.4. The summed E-state index contributed by atoms with van der Waals surface area (Å²) in [5.74, 6) is -9.22. The maximum atomic E-state index is 16.0. The zero-order valence-electron chi connectivity index (χ0n) is 29.8. The van der Waals surface area contributed by atoms with E-state index in [1.165, 1.54) is 0 Å². The van der Waals surface area contributed by atoms with Gasteiger partial charge in [-0.3, -0.25) is 18.9 Å². The average molecular weight is 767 g/mol. The summed E-state index contributed by atoms with van der Waals surface area (Å²) in [6, 6.07) is 3.95. The van der Waals surface area contributed by atoms with E-state index >= 15 is 17.6 Å². The van der Waals surface area contributed by atoms with Crippen LogP contribution in [0.25, 0.3) is 0 Å². The molecule has 0 aromatic heterocycles. The average Bonchev–Trinajstić information content (AvgIpc) is 3.10. The summed E-state index contributed by atoms with van der Waals surface area (Å²) in [5, 5.41) is 0. The Morgan fingerprint density at radius 2 is 0.963 bits per heavy atom. The van der Waals surface area contributed by atoms with Gasteiger partial charge in [0.1, 0.15) is 23.1 Å². The Hall–Kier alpha value is -3.12. The first-order valence-electron chi connectivity index (χ1n) is 19.9. The predicted octanol–water partition coefficient (Wildman–Crippen LogP) is 8.22. The van der Waals surface area contributed by atoms with Crippen LogP contribution in [-0.2, 0) is 40.7 Å². The molecule has 2 aromatic carbocycles. The highest BCUT2D eigenvalue weighted by Crippen LogP contribution is 2.67. The molecule has 14 rings (SSSR count). The molecule has 0 amide bonds. The molecule has 286 valence electrons. The van der Waals surface area contributed by atoms with Gasteiger partial charge in [0.05, 0.1) is 5.41 Å². The molecule has 0 spiro atoms. The number of ether oxygens (including phenoxy) is 1. The van der Waals surface area contributed by atoms with Crippen molar-refractivity contribution in [1.29, 1.82) is 0 Å². The van der Waals surface area contributed by atoms with Gasteiger partial charge in [-0.15, -0.1) is 0 Å². The zero-order valence-corrected chi connectivity index (χ0v) is 30.6. The quantitative estimate of drug-likeness (QED) is 0.179. The molecule has 12 fully saturated rings. The van der Waals surface area contributed by atoms with Crippen molar-refractivity contribution in [3.8, 4) is 11.5 Å². The fourth-order valence-corrected chi connectivity index (χ4v) is 15.7. The van der Waals surface area contributed by atoms with Gasteiger partial charge >= 0.3 is 10.1 Å². The molecule has 12 aliphatic carbocycles. The minimum atomic E-state index is -5.70. The van der Waals surface area contributed by atoms with E-state index in [2.05, 4.69) is 0 Å². The van der Waals surface area contributed by atoms with Gasteiger partial charge in [-0.2, -0.15) is 17.2 Å². The lowest BCUT2D eigenvalue weighted by Gasteiger charge is -2.59. The van der Waals surface area contributed by atoms with Crippen LogP contribution in [0.3, 0.4) is 0 Å². The van der Waals surface area contributed by atoms with Crippen LogP contribution in [-0.4, -0.2) is 30.3 Å². The standard InChI is InChI=1S/C42H42F4O7S/c43-30-32(45)38(54(50,51)52)33(46)31(44)37(30)53-36-28(40-10-20-4-23(14-40)34(47)24(5-20)15-40)8-27(42-12-18-1-19(13-42)3-22(2-18)39(42)49)9-29(36)41-11-21-6-25(16-41)35(48)26(7-21)17-41/h8-9,18-26H,1-7,10-17H2,(H,50,51,52). The number of benzene rings is 2. The van der Waals surface area contributed by atoms with Crippen LogP contribution >= 0.6 is 0 Å². The Morgan fingerprint density at radius 3 is 1.39 bits per heavy atom. The lowest BCUT2D eigenvalue weighted by Crippen LogP contribution is -2.57. The first-order valence-corrected chi connectivity index (χ1v) is 21.3. The molecule has 0 saturated heterocycles. The number of carbonyl (C=O) groups excluding carboxylic acids is 3. The van der Waals surface area contributed by atoms with Crippen LogP contribution in [0.4, 0.5) is 17.6 Å². The van der Waals surface area contributed by atoms with Crippen LogP contribution < -0.4 is 4.74 Å². The fraction of sp³-hybridized carbons (Fsp3) is 0.643. The van der Waals surface area contributed by atoms with Gasteiger partial charge < -0.3 is 4.74 Å².